The number of tetrazole rings is 1. The Morgan fingerprint density at radius 1 is 1.23 bits per heavy atom. The topological polar surface area (TPSA) is 84.6 Å². The first kappa shape index (κ1) is 18.3. The van der Waals surface area contributed by atoms with Gasteiger partial charge in [0.05, 0.1) is 13.2 Å². The summed E-state index contributed by atoms with van der Waals surface area (Å²) >= 11 is 0. The lowest BCUT2D eigenvalue weighted by molar-refractivity contribution is 0.158. The molecule has 3 rings (SSSR count). The molecule has 0 aliphatic carbocycles. The van der Waals surface area contributed by atoms with Gasteiger partial charge in [-0.05, 0) is 54.8 Å². The molecular formula is C19H25N5O2. The number of nitrogens with zero attached hydrogens (tertiary/aromatic N) is 4. The highest BCUT2D eigenvalue weighted by molar-refractivity contribution is 5.37. The molecule has 0 aliphatic rings. The van der Waals surface area contributed by atoms with Crippen LogP contribution >= 0.6 is 0 Å². The van der Waals surface area contributed by atoms with E-state index in [0.29, 0.717) is 12.2 Å². The van der Waals surface area contributed by atoms with Gasteiger partial charge >= 0.3 is 0 Å². The lowest BCUT2D eigenvalue weighted by Crippen LogP contribution is -2.42. The van der Waals surface area contributed by atoms with Gasteiger partial charge in [0.25, 0.3) is 0 Å². The van der Waals surface area contributed by atoms with Gasteiger partial charge < -0.3 is 15.2 Å². The molecule has 0 saturated heterocycles. The minimum absolute atomic E-state index is 0.124. The second kappa shape index (κ2) is 7.80. The van der Waals surface area contributed by atoms with Crippen molar-refractivity contribution in [1.82, 2.24) is 25.4 Å². The second-order valence-corrected chi connectivity index (χ2v) is 7.04. The van der Waals surface area contributed by atoms with E-state index in [9.17, 15) is 5.11 Å². The first-order valence-electron chi connectivity index (χ1n) is 8.71. The van der Waals surface area contributed by atoms with Crippen LogP contribution in [-0.2, 0) is 6.42 Å². The number of rotatable bonds is 8. The van der Waals surface area contributed by atoms with Crippen molar-refractivity contribution in [2.75, 3.05) is 13.7 Å². The van der Waals surface area contributed by atoms with Crippen LogP contribution < -0.4 is 10.1 Å². The summed E-state index contributed by atoms with van der Waals surface area (Å²) in [4.78, 5) is 0. The highest BCUT2D eigenvalue weighted by atomic mass is 16.5. The molecular weight excluding hydrogens is 330 g/mol. The van der Waals surface area contributed by atoms with Gasteiger partial charge in [-0.2, -0.15) is 0 Å². The van der Waals surface area contributed by atoms with Crippen LogP contribution in [0.2, 0.25) is 0 Å². The maximum atomic E-state index is 10.5. The van der Waals surface area contributed by atoms with E-state index in [0.717, 1.165) is 24.2 Å². The molecule has 2 aromatic heterocycles. The molecule has 0 spiro atoms. The molecule has 1 aromatic carbocycles. The van der Waals surface area contributed by atoms with Gasteiger partial charge in [0, 0.05) is 23.8 Å². The number of ether oxygens (including phenoxy) is 1. The Morgan fingerprint density at radius 3 is 2.85 bits per heavy atom. The van der Waals surface area contributed by atoms with E-state index < -0.39 is 6.10 Å². The molecule has 138 valence electrons. The van der Waals surface area contributed by atoms with Crippen LogP contribution in [0.15, 0.2) is 42.6 Å². The number of aliphatic hydroxyl groups is 1. The maximum absolute atomic E-state index is 10.5. The Balaban J connectivity index is 1.56. The number of hydrogen-bond acceptors (Lipinski definition) is 6. The van der Waals surface area contributed by atoms with E-state index in [1.165, 1.54) is 5.56 Å². The Morgan fingerprint density at radius 2 is 2.04 bits per heavy atom. The van der Waals surface area contributed by atoms with Crippen molar-refractivity contribution in [2.24, 2.45) is 0 Å². The average Bonchev–Trinajstić information content (AvgIpc) is 3.12. The minimum atomic E-state index is -0.630. The number of aryl methyl sites for hydroxylation is 1. The second-order valence-electron chi connectivity index (χ2n) is 7.04. The standard InChI is InChI=1S/C19H25N5O2/c1-19(2,11-10-14-6-4-5-7-17(14)26-3)20-12-16(25)15-8-9-18-21-22-23-24(18)13-15/h4-9,13,16,20,25H,10-12H2,1-3H3/t16-/m0/s1. The van der Waals surface area contributed by atoms with Crippen LogP contribution in [0.25, 0.3) is 5.65 Å². The molecule has 0 saturated carbocycles. The van der Waals surface area contributed by atoms with E-state index in [4.69, 9.17) is 4.74 Å². The smallest absolute Gasteiger partial charge is 0.179 e. The van der Waals surface area contributed by atoms with Crippen LogP contribution in [0, 0.1) is 0 Å². The third-order valence-corrected chi connectivity index (χ3v) is 4.59. The molecule has 0 fully saturated rings. The Labute approximate surface area is 153 Å². The van der Waals surface area contributed by atoms with Crippen LogP contribution in [0.4, 0.5) is 0 Å². The summed E-state index contributed by atoms with van der Waals surface area (Å²) in [6.07, 6.45) is 2.95. The molecule has 2 N–H and O–H groups in total. The normalized spacial score (nSPS) is 13.1. The summed E-state index contributed by atoms with van der Waals surface area (Å²) in [6, 6.07) is 11.7. The summed E-state index contributed by atoms with van der Waals surface area (Å²) in [5, 5.41) is 25.3. The molecule has 1 atom stereocenters. The fourth-order valence-corrected chi connectivity index (χ4v) is 2.89. The quantitative estimate of drug-likeness (QED) is 0.644. The fraction of sp³-hybridized carbons (Fsp3) is 0.421. The minimum Gasteiger partial charge on any atom is -0.496 e. The lowest BCUT2D eigenvalue weighted by Gasteiger charge is -2.28. The summed E-state index contributed by atoms with van der Waals surface area (Å²) in [5.74, 6) is 0.915. The predicted molar refractivity (Wildman–Crippen MR) is 99.1 cm³/mol. The summed E-state index contributed by atoms with van der Waals surface area (Å²) in [5.41, 5.74) is 2.50. The van der Waals surface area contributed by atoms with Gasteiger partial charge in [-0.25, -0.2) is 4.52 Å². The first-order valence-corrected chi connectivity index (χ1v) is 8.71. The fourth-order valence-electron chi connectivity index (χ4n) is 2.89. The van der Waals surface area contributed by atoms with E-state index in [2.05, 4.69) is 40.8 Å². The Bertz CT molecular complexity index is 862. The molecule has 0 bridgehead atoms. The third-order valence-electron chi connectivity index (χ3n) is 4.59. The van der Waals surface area contributed by atoms with Crippen molar-refractivity contribution in [2.45, 2.75) is 38.3 Å². The molecule has 0 amide bonds. The molecule has 7 heteroatoms. The summed E-state index contributed by atoms with van der Waals surface area (Å²) < 4.78 is 6.98. The average molecular weight is 355 g/mol. The zero-order valence-corrected chi connectivity index (χ0v) is 15.4. The lowest BCUT2D eigenvalue weighted by atomic mass is 9.94. The van der Waals surface area contributed by atoms with Gasteiger partial charge in [0.15, 0.2) is 5.65 Å². The summed E-state index contributed by atoms with van der Waals surface area (Å²) in [7, 11) is 1.69. The number of methoxy groups -OCH3 is 1. The Hall–Kier alpha value is -2.51. The molecule has 3 aromatic rings. The highest BCUT2D eigenvalue weighted by Crippen LogP contribution is 2.22. The molecule has 0 aliphatic heterocycles. The molecule has 0 radical (unpaired) electrons. The van der Waals surface area contributed by atoms with Crippen LogP contribution in [-0.4, -0.2) is 44.3 Å². The van der Waals surface area contributed by atoms with Crippen LogP contribution in [0.1, 0.15) is 37.5 Å². The Kier molecular flexibility index (Phi) is 5.49. The largest absolute Gasteiger partial charge is 0.496 e. The number of aliphatic hydroxyl groups excluding tert-OH is 1. The van der Waals surface area contributed by atoms with Crippen molar-refractivity contribution in [3.05, 3.63) is 53.7 Å². The SMILES string of the molecule is COc1ccccc1CCC(C)(C)NC[C@H](O)c1ccc2nnnn2c1. The maximum Gasteiger partial charge on any atom is 0.179 e. The number of hydrogen-bond donors (Lipinski definition) is 2. The monoisotopic (exact) mass is 355 g/mol. The number of para-hydroxylation sites is 1. The van der Waals surface area contributed by atoms with Gasteiger partial charge in [-0.1, -0.05) is 24.3 Å². The summed E-state index contributed by atoms with van der Waals surface area (Å²) in [6.45, 7) is 4.73. The van der Waals surface area contributed by atoms with Crippen LogP contribution in [0.5, 0.6) is 5.75 Å². The van der Waals surface area contributed by atoms with Crippen molar-refractivity contribution < 1.29 is 9.84 Å². The van der Waals surface area contributed by atoms with Crippen molar-refractivity contribution in [1.29, 1.82) is 0 Å². The van der Waals surface area contributed by atoms with Crippen molar-refractivity contribution in [3.8, 4) is 5.75 Å². The van der Waals surface area contributed by atoms with Gasteiger partial charge in [-0.15, -0.1) is 5.10 Å². The van der Waals surface area contributed by atoms with E-state index >= 15 is 0 Å². The number of aromatic nitrogens is 4. The van der Waals surface area contributed by atoms with Crippen LogP contribution in [0.3, 0.4) is 0 Å². The van der Waals surface area contributed by atoms with Crippen molar-refractivity contribution in [3.63, 3.8) is 0 Å². The van der Waals surface area contributed by atoms with Gasteiger partial charge in [-0.3, -0.25) is 0 Å². The number of fused-ring (bicyclic) bond motifs is 1. The first-order chi connectivity index (χ1) is 12.5. The molecule has 26 heavy (non-hydrogen) atoms. The van der Waals surface area contributed by atoms with Crippen molar-refractivity contribution >= 4 is 5.65 Å². The molecule has 0 unspecified atom stereocenters. The predicted octanol–water partition coefficient (Wildman–Crippen LogP) is 2.17. The number of benzene rings is 1. The van der Waals surface area contributed by atoms with E-state index in [-0.39, 0.29) is 5.54 Å². The number of pyridine rings is 1. The zero-order chi connectivity index (χ0) is 18.6. The molecule has 2 heterocycles. The highest BCUT2D eigenvalue weighted by Gasteiger charge is 2.20. The van der Waals surface area contributed by atoms with Gasteiger partial charge in [0.2, 0.25) is 0 Å². The van der Waals surface area contributed by atoms with Gasteiger partial charge in [0.1, 0.15) is 5.75 Å². The number of β-amino-alcohol motifs (C(OH)–C–C–N with tert-alkyl or cyclic N) is 1. The zero-order valence-electron chi connectivity index (χ0n) is 15.4. The molecule has 7 nitrogen and oxygen atoms in total. The third kappa shape index (κ3) is 4.36. The van der Waals surface area contributed by atoms with E-state index in [1.807, 2.05) is 24.3 Å². The van der Waals surface area contributed by atoms with E-state index in [1.54, 1.807) is 23.9 Å². The number of nitrogens with one attached hydrogen (secondary N) is 1.